The van der Waals surface area contributed by atoms with E-state index in [4.69, 9.17) is 4.74 Å². The number of methoxy groups -OCH3 is 1. The van der Waals surface area contributed by atoms with Crippen molar-refractivity contribution >= 4 is 5.91 Å². The van der Waals surface area contributed by atoms with Crippen LogP contribution >= 0.6 is 0 Å². The summed E-state index contributed by atoms with van der Waals surface area (Å²) in [5, 5.41) is 3.29. The molecule has 98 valence electrons. The Kier molecular flexibility index (Phi) is 4.28. The molecule has 1 heterocycles. The van der Waals surface area contributed by atoms with Gasteiger partial charge in [-0.2, -0.15) is 0 Å². The van der Waals surface area contributed by atoms with Gasteiger partial charge in [-0.05, 0) is 17.7 Å². The van der Waals surface area contributed by atoms with Crippen LogP contribution in [0.1, 0.15) is 11.6 Å². The molecule has 0 bridgehead atoms. The molecule has 1 saturated heterocycles. The zero-order chi connectivity index (χ0) is 13.0. The van der Waals surface area contributed by atoms with E-state index < -0.39 is 0 Å². The number of rotatable bonds is 3. The molecule has 0 saturated carbocycles. The first kappa shape index (κ1) is 13.0. The van der Waals surface area contributed by atoms with Crippen molar-refractivity contribution in [3.63, 3.8) is 0 Å². The first-order valence-corrected chi connectivity index (χ1v) is 5.96. The van der Waals surface area contributed by atoms with E-state index in [0.29, 0.717) is 19.6 Å². The van der Waals surface area contributed by atoms with Crippen molar-refractivity contribution in [3.05, 3.63) is 35.6 Å². The molecular formula is C13H17FN2O2. The second-order valence-electron chi connectivity index (χ2n) is 4.33. The molecule has 0 aliphatic carbocycles. The Morgan fingerprint density at radius 1 is 1.61 bits per heavy atom. The lowest BCUT2D eigenvalue weighted by Gasteiger charge is -2.33. The molecule has 1 aliphatic heterocycles. The van der Waals surface area contributed by atoms with Crippen LogP contribution in [0.3, 0.4) is 0 Å². The second kappa shape index (κ2) is 5.93. The lowest BCUT2D eigenvalue weighted by atomic mass is 10.0. The Bertz CT molecular complexity index is 425. The van der Waals surface area contributed by atoms with Gasteiger partial charge >= 0.3 is 0 Å². The fraction of sp³-hybridized carbons (Fsp3) is 0.462. The van der Waals surface area contributed by atoms with E-state index in [9.17, 15) is 9.18 Å². The van der Waals surface area contributed by atoms with Crippen LogP contribution in [0, 0.1) is 5.82 Å². The van der Waals surface area contributed by atoms with Crippen LogP contribution in [0.25, 0.3) is 0 Å². The van der Waals surface area contributed by atoms with Crippen molar-refractivity contribution in [3.8, 4) is 0 Å². The molecule has 1 fully saturated rings. The lowest BCUT2D eigenvalue weighted by Crippen LogP contribution is -2.49. The summed E-state index contributed by atoms with van der Waals surface area (Å²) in [5.41, 5.74) is 0.866. The van der Waals surface area contributed by atoms with Crippen molar-refractivity contribution in [1.29, 1.82) is 0 Å². The van der Waals surface area contributed by atoms with Crippen molar-refractivity contribution in [2.24, 2.45) is 0 Å². The van der Waals surface area contributed by atoms with Gasteiger partial charge < -0.3 is 15.0 Å². The molecule has 4 nitrogen and oxygen atoms in total. The zero-order valence-electron chi connectivity index (χ0n) is 10.4. The number of benzene rings is 1. The molecule has 1 N–H and O–H groups in total. The average Bonchev–Trinajstić information content (AvgIpc) is 2.39. The number of piperazine rings is 1. The molecular weight excluding hydrogens is 235 g/mol. The summed E-state index contributed by atoms with van der Waals surface area (Å²) in [4.78, 5) is 13.5. The predicted molar refractivity (Wildman–Crippen MR) is 65.6 cm³/mol. The van der Waals surface area contributed by atoms with Gasteiger partial charge in [0.2, 0.25) is 5.91 Å². The average molecular weight is 252 g/mol. The number of hydrogen-bond donors (Lipinski definition) is 1. The lowest BCUT2D eigenvalue weighted by molar-refractivity contribution is -0.136. The topological polar surface area (TPSA) is 41.6 Å². The van der Waals surface area contributed by atoms with Crippen LogP contribution < -0.4 is 5.32 Å². The Labute approximate surface area is 106 Å². The Morgan fingerprint density at radius 2 is 2.44 bits per heavy atom. The molecule has 5 heteroatoms. The van der Waals surface area contributed by atoms with Gasteiger partial charge in [0, 0.05) is 26.7 Å². The molecule has 1 aromatic rings. The third-order valence-electron chi connectivity index (χ3n) is 3.05. The standard InChI is InChI=1S/C13H17FN2O2/c1-18-9-13(17)16-6-5-15-12(8-16)10-3-2-4-11(14)7-10/h2-4,7,12,15H,5-6,8-9H2,1H3/t12-/m1/s1. The fourth-order valence-electron chi connectivity index (χ4n) is 2.14. The van der Waals surface area contributed by atoms with E-state index in [1.807, 2.05) is 6.07 Å². The summed E-state index contributed by atoms with van der Waals surface area (Å²) >= 11 is 0. The number of carbonyl (C=O) groups excluding carboxylic acids is 1. The molecule has 18 heavy (non-hydrogen) atoms. The van der Waals surface area contributed by atoms with E-state index >= 15 is 0 Å². The molecule has 1 atom stereocenters. The zero-order valence-corrected chi connectivity index (χ0v) is 10.4. The Morgan fingerprint density at radius 3 is 3.17 bits per heavy atom. The maximum atomic E-state index is 13.2. The maximum absolute atomic E-state index is 13.2. The summed E-state index contributed by atoms with van der Waals surface area (Å²) in [5.74, 6) is -0.282. The maximum Gasteiger partial charge on any atom is 0.248 e. The number of carbonyl (C=O) groups is 1. The van der Waals surface area contributed by atoms with Crippen LogP contribution in [-0.4, -0.2) is 44.2 Å². The molecule has 1 aromatic carbocycles. The normalized spacial score (nSPS) is 19.9. The minimum absolute atomic E-state index is 0.0183. The third-order valence-corrected chi connectivity index (χ3v) is 3.05. The number of nitrogens with one attached hydrogen (secondary N) is 1. The minimum Gasteiger partial charge on any atom is -0.375 e. The summed E-state index contributed by atoms with van der Waals surface area (Å²) < 4.78 is 18.0. The Balaban J connectivity index is 2.04. The highest BCUT2D eigenvalue weighted by Gasteiger charge is 2.24. The quantitative estimate of drug-likeness (QED) is 0.870. The summed E-state index contributed by atoms with van der Waals surface area (Å²) in [6.07, 6.45) is 0. The van der Waals surface area contributed by atoms with E-state index in [1.165, 1.54) is 19.2 Å². The summed E-state index contributed by atoms with van der Waals surface area (Å²) in [6.45, 7) is 2.01. The smallest absolute Gasteiger partial charge is 0.248 e. The number of ether oxygens (including phenoxy) is 1. The van der Waals surface area contributed by atoms with Gasteiger partial charge in [-0.25, -0.2) is 4.39 Å². The largest absolute Gasteiger partial charge is 0.375 e. The van der Waals surface area contributed by atoms with Crippen LogP contribution in [0.5, 0.6) is 0 Å². The first-order chi connectivity index (χ1) is 8.70. The second-order valence-corrected chi connectivity index (χ2v) is 4.33. The molecule has 0 radical (unpaired) electrons. The fourth-order valence-corrected chi connectivity index (χ4v) is 2.14. The van der Waals surface area contributed by atoms with Gasteiger partial charge in [-0.15, -0.1) is 0 Å². The highest BCUT2D eigenvalue weighted by Crippen LogP contribution is 2.18. The number of nitrogens with zero attached hydrogens (tertiary/aromatic N) is 1. The van der Waals surface area contributed by atoms with Crippen molar-refractivity contribution in [2.45, 2.75) is 6.04 Å². The highest BCUT2D eigenvalue weighted by atomic mass is 19.1. The molecule has 1 amide bonds. The highest BCUT2D eigenvalue weighted by molar-refractivity contribution is 5.77. The number of halogens is 1. The van der Waals surface area contributed by atoms with Gasteiger partial charge in [-0.1, -0.05) is 12.1 Å². The van der Waals surface area contributed by atoms with E-state index in [-0.39, 0.29) is 24.4 Å². The Hall–Kier alpha value is -1.46. The van der Waals surface area contributed by atoms with Gasteiger partial charge in [0.15, 0.2) is 0 Å². The molecule has 1 aliphatic rings. The van der Waals surface area contributed by atoms with Gasteiger partial charge in [0.05, 0.1) is 6.04 Å². The SMILES string of the molecule is COCC(=O)N1CCN[C@@H](c2cccc(F)c2)C1. The third kappa shape index (κ3) is 3.05. The van der Waals surface area contributed by atoms with Crippen LogP contribution in [0.15, 0.2) is 24.3 Å². The van der Waals surface area contributed by atoms with Gasteiger partial charge in [0.25, 0.3) is 0 Å². The number of hydrogen-bond acceptors (Lipinski definition) is 3. The van der Waals surface area contributed by atoms with Crippen LogP contribution in [0.4, 0.5) is 4.39 Å². The summed E-state index contributed by atoms with van der Waals surface area (Å²) in [7, 11) is 1.50. The predicted octanol–water partition coefficient (Wildman–Crippen LogP) is 0.945. The van der Waals surface area contributed by atoms with Crippen molar-refractivity contribution in [1.82, 2.24) is 10.2 Å². The van der Waals surface area contributed by atoms with E-state index in [2.05, 4.69) is 5.32 Å². The van der Waals surface area contributed by atoms with Crippen molar-refractivity contribution in [2.75, 3.05) is 33.4 Å². The van der Waals surface area contributed by atoms with Crippen LogP contribution in [0.2, 0.25) is 0 Å². The van der Waals surface area contributed by atoms with Gasteiger partial charge in [0.1, 0.15) is 12.4 Å². The molecule has 0 unspecified atom stereocenters. The first-order valence-electron chi connectivity index (χ1n) is 5.96. The van der Waals surface area contributed by atoms with Crippen LogP contribution in [-0.2, 0) is 9.53 Å². The van der Waals surface area contributed by atoms with E-state index in [0.717, 1.165) is 5.56 Å². The molecule has 2 rings (SSSR count). The van der Waals surface area contributed by atoms with E-state index in [1.54, 1.807) is 11.0 Å². The summed E-state index contributed by atoms with van der Waals surface area (Å²) in [6, 6.07) is 6.45. The minimum atomic E-state index is -0.255. The van der Waals surface area contributed by atoms with Gasteiger partial charge in [-0.3, -0.25) is 4.79 Å². The van der Waals surface area contributed by atoms with Crippen molar-refractivity contribution < 1.29 is 13.9 Å². The number of amides is 1. The molecule has 0 spiro atoms. The molecule has 0 aromatic heterocycles. The monoisotopic (exact) mass is 252 g/mol.